The largest absolute Gasteiger partial charge is 0.360 e. The molecule has 1 saturated heterocycles. The fourth-order valence-corrected chi connectivity index (χ4v) is 3.73. The van der Waals surface area contributed by atoms with Gasteiger partial charge in [-0.1, -0.05) is 18.2 Å². The van der Waals surface area contributed by atoms with Gasteiger partial charge in [-0.3, -0.25) is 0 Å². The molecular formula is C12H14N2OS2. The molecule has 0 saturated carbocycles. The van der Waals surface area contributed by atoms with Gasteiger partial charge in [-0.05, 0) is 29.5 Å². The number of hydrogen-bond acceptors (Lipinski definition) is 5. The third-order valence-electron chi connectivity index (χ3n) is 2.62. The number of rotatable bonds is 3. The first-order chi connectivity index (χ1) is 8.42. The van der Waals surface area contributed by atoms with Crippen LogP contribution in [0.1, 0.15) is 0 Å². The summed E-state index contributed by atoms with van der Waals surface area (Å²) in [6, 6.07) is 10.7. The van der Waals surface area contributed by atoms with Crippen LogP contribution in [-0.2, 0) is 4.74 Å². The molecule has 1 aliphatic rings. The van der Waals surface area contributed by atoms with Gasteiger partial charge in [0.05, 0.1) is 10.8 Å². The zero-order valence-corrected chi connectivity index (χ0v) is 10.9. The highest BCUT2D eigenvalue weighted by atomic mass is 32.2. The smallest absolute Gasteiger partial charge is 0.129 e. The third kappa shape index (κ3) is 2.81. The molecule has 2 heterocycles. The Balaban J connectivity index is 1.64. The normalized spacial score (nSPS) is 20.8. The lowest BCUT2D eigenvalue weighted by atomic mass is 10.3. The monoisotopic (exact) mass is 266 g/mol. The molecule has 0 bridgehead atoms. The Morgan fingerprint density at radius 3 is 3.18 bits per heavy atom. The molecule has 1 aromatic carbocycles. The molecule has 0 spiro atoms. The number of fused-ring (bicyclic) bond motifs is 1. The van der Waals surface area contributed by atoms with Crippen molar-refractivity contribution in [3.05, 3.63) is 30.3 Å². The van der Waals surface area contributed by atoms with Gasteiger partial charge in [0.1, 0.15) is 6.23 Å². The van der Waals surface area contributed by atoms with Crippen LogP contribution in [0, 0.1) is 0 Å². The van der Waals surface area contributed by atoms with Crippen LogP contribution >= 0.6 is 23.3 Å². The topological polar surface area (TPSA) is 33.3 Å². The van der Waals surface area contributed by atoms with E-state index in [0.717, 1.165) is 19.7 Å². The van der Waals surface area contributed by atoms with Gasteiger partial charge < -0.3 is 10.1 Å². The predicted octanol–water partition coefficient (Wildman–Crippen LogP) is 2.44. The number of thiophene rings is 1. The zero-order chi connectivity index (χ0) is 11.5. The van der Waals surface area contributed by atoms with E-state index < -0.39 is 0 Å². The summed E-state index contributed by atoms with van der Waals surface area (Å²) in [6.07, 6.45) is 0.110. The molecule has 1 fully saturated rings. The summed E-state index contributed by atoms with van der Waals surface area (Å²) in [5.74, 6) is 0. The summed E-state index contributed by atoms with van der Waals surface area (Å²) >= 11 is 3.47. The SMILES string of the molecule is c1ccc2sc(SNC3CNCCO3)cc2c1. The average molecular weight is 266 g/mol. The molecule has 0 aliphatic carbocycles. The molecule has 2 N–H and O–H groups in total. The van der Waals surface area contributed by atoms with Crippen LogP contribution in [0.3, 0.4) is 0 Å². The molecule has 90 valence electrons. The minimum absolute atomic E-state index is 0.110. The quantitative estimate of drug-likeness (QED) is 0.836. The molecule has 0 amide bonds. The second kappa shape index (κ2) is 5.37. The zero-order valence-electron chi connectivity index (χ0n) is 9.31. The number of benzene rings is 1. The van der Waals surface area contributed by atoms with Gasteiger partial charge >= 0.3 is 0 Å². The highest BCUT2D eigenvalue weighted by Gasteiger charge is 2.13. The second-order valence-electron chi connectivity index (χ2n) is 3.89. The Kier molecular flexibility index (Phi) is 3.63. The molecular weight excluding hydrogens is 252 g/mol. The van der Waals surface area contributed by atoms with Crippen molar-refractivity contribution in [1.29, 1.82) is 0 Å². The van der Waals surface area contributed by atoms with E-state index in [1.807, 2.05) is 11.3 Å². The number of ether oxygens (including phenoxy) is 1. The van der Waals surface area contributed by atoms with Crippen molar-refractivity contribution >= 4 is 33.4 Å². The molecule has 2 aromatic rings. The number of hydrogen-bond donors (Lipinski definition) is 2. The van der Waals surface area contributed by atoms with Gasteiger partial charge in [0, 0.05) is 17.8 Å². The molecule has 3 nitrogen and oxygen atoms in total. The lowest BCUT2D eigenvalue weighted by molar-refractivity contribution is 0.0237. The minimum atomic E-state index is 0.110. The van der Waals surface area contributed by atoms with Crippen molar-refractivity contribution in [2.45, 2.75) is 10.4 Å². The van der Waals surface area contributed by atoms with Crippen LogP contribution in [0.25, 0.3) is 10.1 Å². The van der Waals surface area contributed by atoms with E-state index in [9.17, 15) is 0 Å². The first kappa shape index (κ1) is 11.5. The Morgan fingerprint density at radius 1 is 1.41 bits per heavy atom. The summed E-state index contributed by atoms with van der Waals surface area (Å²) in [7, 11) is 0. The highest BCUT2D eigenvalue weighted by molar-refractivity contribution is 7.99. The van der Waals surface area contributed by atoms with E-state index in [1.165, 1.54) is 14.3 Å². The van der Waals surface area contributed by atoms with Crippen LogP contribution in [0.15, 0.2) is 34.5 Å². The van der Waals surface area contributed by atoms with E-state index >= 15 is 0 Å². The highest BCUT2D eigenvalue weighted by Crippen LogP contribution is 2.31. The van der Waals surface area contributed by atoms with E-state index in [0.29, 0.717) is 0 Å². The first-order valence-electron chi connectivity index (χ1n) is 5.65. The van der Waals surface area contributed by atoms with Crippen LogP contribution < -0.4 is 10.0 Å². The van der Waals surface area contributed by atoms with E-state index in [2.05, 4.69) is 40.4 Å². The van der Waals surface area contributed by atoms with Crippen LogP contribution in [0.4, 0.5) is 0 Å². The molecule has 3 rings (SSSR count). The predicted molar refractivity (Wildman–Crippen MR) is 73.4 cm³/mol. The standard InChI is InChI=1S/C12H14N2OS2/c1-2-4-10-9(3-1)7-12(16-10)17-14-11-8-13-5-6-15-11/h1-4,7,11,13-14H,5-6,8H2. The first-order valence-corrected chi connectivity index (χ1v) is 7.28. The van der Waals surface area contributed by atoms with Gasteiger partial charge in [0.25, 0.3) is 0 Å². The van der Waals surface area contributed by atoms with Crippen molar-refractivity contribution < 1.29 is 4.74 Å². The molecule has 17 heavy (non-hydrogen) atoms. The van der Waals surface area contributed by atoms with Crippen LogP contribution in [0.5, 0.6) is 0 Å². The Hall–Kier alpha value is -0.590. The summed E-state index contributed by atoms with van der Waals surface area (Å²) < 4.78 is 11.5. The average Bonchev–Trinajstić information content (AvgIpc) is 2.80. The Bertz CT molecular complexity index is 461. The summed E-state index contributed by atoms with van der Waals surface area (Å²) in [4.78, 5) is 0. The molecule has 5 heteroatoms. The third-order valence-corrected chi connectivity index (χ3v) is 4.73. The van der Waals surface area contributed by atoms with E-state index in [1.54, 1.807) is 11.9 Å². The molecule has 1 aliphatic heterocycles. The maximum Gasteiger partial charge on any atom is 0.129 e. The number of morpholine rings is 1. The summed E-state index contributed by atoms with van der Waals surface area (Å²) in [6.45, 7) is 2.61. The fraction of sp³-hybridized carbons (Fsp3) is 0.333. The molecule has 0 radical (unpaired) electrons. The Morgan fingerprint density at radius 2 is 2.35 bits per heavy atom. The van der Waals surface area contributed by atoms with Crippen LogP contribution in [0.2, 0.25) is 0 Å². The fourth-order valence-electron chi connectivity index (χ4n) is 1.77. The maximum absolute atomic E-state index is 5.58. The summed E-state index contributed by atoms with van der Waals surface area (Å²) in [5, 5.41) is 4.61. The molecule has 1 atom stereocenters. The lowest BCUT2D eigenvalue weighted by Gasteiger charge is -2.23. The molecule has 1 aromatic heterocycles. The second-order valence-corrected chi connectivity index (χ2v) is 6.11. The van der Waals surface area contributed by atoms with Gasteiger partial charge in [0.15, 0.2) is 0 Å². The van der Waals surface area contributed by atoms with E-state index in [-0.39, 0.29) is 6.23 Å². The van der Waals surface area contributed by atoms with Crippen molar-refractivity contribution in [2.24, 2.45) is 0 Å². The maximum atomic E-state index is 5.58. The van der Waals surface area contributed by atoms with Gasteiger partial charge in [-0.25, -0.2) is 4.72 Å². The lowest BCUT2D eigenvalue weighted by Crippen LogP contribution is -2.44. The Labute approximate surface area is 109 Å². The van der Waals surface area contributed by atoms with Gasteiger partial charge in [-0.15, -0.1) is 11.3 Å². The summed E-state index contributed by atoms with van der Waals surface area (Å²) in [5.41, 5.74) is 0. The van der Waals surface area contributed by atoms with Crippen molar-refractivity contribution in [2.75, 3.05) is 19.7 Å². The van der Waals surface area contributed by atoms with Crippen molar-refractivity contribution in [3.63, 3.8) is 0 Å². The minimum Gasteiger partial charge on any atom is -0.360 e. The molecule has 1 unspecified atom stereocenters. The van der Waals surface area contributed by atoms with E-state index in [4.69, 9.17) is 4.74 Å². The van der Waals surface area contributed by atoms with Gasteiger partial charge in [0.2, 0.25) is 0 Å². The van der Waals surface area contributed by atoms with Crippen molar-refractivity contribution in [1.82, 2.24) is 10.0 Å². The van der Waals surface area contributed by atoms with Crippen LogP contribution in [-0.4, -0.2) is 25.9 Å². The number of nitrogens with one attached hydrogen (secondary N) is 2. The van der Waals surface area contributed by atoms with Gasteiger partial charge in [-0.2, -0.15) is 0 Å². The van der Waals surface area contributed by atoms with Crippen molar-refractivity contribution in [3.8, 4) is 0 Å².